The Morgan fingerprint density at radius 3 is 2.67 bits per heavy atom. The molecule has 0 aromatic heterocycles. The Bertz CT molecular complexity index is 540. The fourth-order valence-corrected chi connectivity index (χ4v) is 2.24. The SMILES string of the molecule is Cc1cccc(OCc2ccc(CN)cc2Br)c1. The van der Waals surface area contributed by atoms with E-state index < -0.39 is 0 Å². The van der Waals surface area contributed by atoms with Gasteiger partial charge >= 0.3 is 0 Å². The van der Waals surface area contributed by atoms with Crippen LogP contribution in [0.1, 0.15) is 16.7 Å². The molecule has 2 N–H and O–H groups in total. The van der Waals surface area contributed by atoms with Gasteiger partial charge in [0, 0.05) is 16.6 Å². The fraction of sp³-hybridized carbons (Fsp3) is 0.200. The molecule has 0 saturated heterocycles. The van der Waals surface area contributed by atoms with Crippen molar-refractivity contribution in [3.05, 3.63) is 63.6 Å². The van der Waals surface area contributed by atoms with Crippen molar-refractivity contribution in [2.45, 2.75) is 20.1 Å². The van der Waals surface area contributed by atoms with E-state index in [1.807, 2.05) is 36.4 Å². The van der Waals surface area contributed by atoms with E-state index in [-0.39, 0.29) is 0 Å². The molecule has 0 unspecified atom stereocenters. The van der Waals surface area contributed by atoms with Gasteiger partial charge in [-0.1, -0.05) is 40.2 Å². The van der Waals surface area contributed by atoms with Crippen LogP contribution in [0, 0.1) is 6.92 Å². The van der Waals surface area contributed by atoms with Gasteiger partial charge in [-0.15, -0.1) is 0 Å². The number of rotatable bonds is 4. The average Bonchev–Trinajstić information content (AvgIpc) is 2.37. The first-order valence-electron chi connectivity index (χ1n) is 5.86. The predicted octanol–water partition coefficient (Wildman–Crippen LogP) is 3.80. The maximum Gasteiger partial charge on any atom is 0.120 e. The Morgan fingerprint density at radius 2 is 2.00 bits per heavy atom. The second-order valence-corrected chi connectivity index (χ2v) is 5.09. The summed E-state index contributed by atoms with van der Waals surface area (Å²) in [6.07, 6.45) is 0. The van der Waals surface area contributed by atoms with Crippen LogP contribution in [0.15, 0.2) is 46.9 Å². The molecule has 0 amide bonds. The first-order valence-corrected chi connectivity index (χ1v) is 6.65. The van der Waals surface area contributed by atoms with Gasteiger partial charge in [0.2, 0.25) is 0 Å². The molecule has 2 aromatic rings. The topological polar surface area (TPSA) is 35.2 Å². The van der Waals surface area contributed by atoms with Gasteiger partial charge in [0.05, 0.1) is 0 Å². The lowest BCUT2D eigenvalue weighted by atomic mass is 10.1. The fourth-order valence-electron chi connectivity index (χ4n) is 1.70. The first kappa shape index (κ1) is 13.1. The number of hydrogen-bond acceptors (Lipinski definition) is 2. The van der Waals surface area contributed by atoms with Gasteiger partial charge in [0.15, 0.2) is 0 Å². The predicted molar refractivity (Wildman–Crippen MR) is 77.5 cm³/mol. The van der Waals surface area contributed by atoms with Gasteiger partial charge in [0.25, 0.3) is 0 Å². The van der Waals surface area contributed by atoms with E-state index in [1.54, 1.807) is 0 Å². The maximum atomic E-state index is 5.77. The Balaban J connectivity index is 2.06. The summed E-state index contributed by atoms with van der Waals surface area (Å²) in [6.45, 7) is 3.16. The van der Waals surface area contributed by atoms with Crippen LogP contribution < -0.4 is 10.5 Å². The molecule has 2 aromatic carbocycles. The van der Waals surface area contributed by atoms with Crippen LogP contribution in [-0.2, 0) is 13.2 Å². The molecule has 0 saturated carbocycles. The van der Waals surface area contributed by atoms with Crippen molar-refractivity contribution in [1.82, 2.24) is 0 Å². The lowest BCUT2D eigenvalue weighted by molar-refractivity contribution is 0.305. The van der Waals surface area contributed by atoms with E-state index in [0.29, 0.717) is 13.2 Å². The molecule has 2 rings (SSSR count). The van der Waals surface area contributed by atoms with E-state index in [9.17, 15) is 0 Å². The van der Waals surface area contributed by atoms with E-state index in [2.05, 4.69) is 28.9 Å². The summed E-state index contributed by atoms with van der Waals surface area (Å²) in [7, 11) is 0. The zero-order chi connectivity index (χ0) is 13.0. The van der Waals surface area contributed by atoms with Gasteiger partial charge in [0.1, 0.15) is 12.4 Å². The lowest BCUT2D eigenvalue weighted by Crippen LogP contribution is -2.00. The minimum atomic E-state index is 0.550. The normalized spacial score (nSPS) is 10.4. The van der Waals surface area contributed by atoms with Gasteiger partial charge in [-0.3, -0.25) is 0 Å². The molecule has 0 spiro atoms. The molecular weight excluding hydrogens is 290 g/mol. The third-order valence-electron chi connectivity index (χ3n) is 2.74. The van der Waals surface area contributed by atoms with E-state index in [0.717, 1.165) is 21.3 Å². The van der Waals surface area contributed by atoms with Crippen LogP contribution in [0.2, 0.25) is 0 Å². The van der Waals surface area contributed by atoms with Crippen LogP contribution >= 0.6 is 15.9 Å². The van der Waals surface area contributed by atoms with Gasteiger partial charge in [-0.2, -0.15) is 0 Å². The highest BCUT2D eigenvalue weighted by Gasteiger charge is 2.02. The minimum absolute atomic E-state index is 0.550. The molecule has 0 atom stereocenters. The van der Waals surface area contributed by atoms with E-state index in [4.69, 9.17) is 10.5 Å². The molecule has 18 heavy (non-hydrogen) atoms. The number of ether oxygens (including phenoxy) is 1. The minimum Gasteiger partial charge on any atom is -0.489 e. The highest BCUT2D eigenvalue weighted by molar-refractivity contribution is 9.10. The van der Waals surface area contributed by atoms with Crippen molar-refractivity contribution in [1.29, 1.82) is 0 Å². The summed E-state index contributed by atoms with van der Waals surface area (Å²) in [5, 5.41) is 0. The molecular formula is C15H16BrNO. The van der Waals surface area contributed by atoms with Crippen molar-refractivity contribution in [2.24, 2.45) is 5.73 Å². The van der Waals surface area contributed by atoms with E-state index >= 15 is 0 Å². The third kappa shape index (κ3) is 3.34. The third-order valence-corrected chi connectivity index (χ3v) is 3.48. The second-order valence-electron chi connectivity index (χ2n) is 4.24. The number of hydrogen-bond donors (Lipinski definition) is 1. The molecule has 94 valence electrons. The van der Waals surface area contributed by atoms with Crippen LogP contribution in [0.4, 0.5) is 0 Å². The number of nitrogens with two attached hydrogens (primary N) is 1. The van der Waals surface area contributed by atoms with Crippen LogP contribution in [-0.4, -0.2) is 0 Å². The van der Waals surface area contributed by atoms with Crippen molar-refractivity contribution in [2.75, 3.05) is 0 Å². The monoisotopic (exact) mass is 305 g/mol. The highest BCUT2D eigenvalue weighted by atomic mass is 79.9. The Labute approximate surface area is 116 Å². The highest BCUT2D eigenvalue weighted by Crippen LogP contribution is 2.21. The summed E-state index contributed by atoms with van der Waals surface area (Å²) in [5.41, 5.74) is 9.03. The Morgan fingerprint density at radius 1 is 1.17 bits per heavy atom. The summed E-state index contributed by atoms with van der Waals surface area (Å²) in [4.78, 5) is 0. The summed E-state index contributed by atoms with van der Waals surface area (Å²) < 4.78 is 6.81. The quantitative estimate of drug-likeness (QED) is 0.932. The molecule has 0 heterocycles. The standard InChI is InChI=1S/C15H16BrNO/c1-11-3-2-4-14(7-11)18-10-13-6-5-12(9-17)8-15(13)16/h2-8H,9-10,17H2,1H3. The van der Waals surface area contributed by atoms with Crippen LogP contribution in [0.3, 0.4) is 0 Å². The van der Waals surface area contributed by atoms with Crippen LogP contribution in [0.5, 0.6) is 5.75 Å². The van der Waals surface area contributed by atoms with Crippen molar-refractivity contribution in [3.8, 4) is 5.75 Å². The van der Waals surface area contributed by atoms with Gasteiger partial charge in [-0.05, 0) is 36.2 Å². The number of benzene rings is 2. The van der Waals surface area contributed by atoms with E-state index in [1.165, 1.54) is 5.56 Å². The van der Waals surface area contributed by atoms with Crippen LogP contribution in [0.25, 0.3) is 0 Å². The zero-order valence-corrected chi connectivity index (χ0v) is 11.9. The zero-order valence-electron chi connectivity index (χ0n) is 10.3. The summed E-state index contributed by atoms with van der Waals surface area (Å²) in [6, 6.07) is 14.2. The van der Waals surface area contributed by atoms with Crippen molar-refractivity contribution >= 4 is 15.9 Å². The molecule has 0 fully saturated rings. The maximum absolute atomic E-state index is 5.77. The smallest absolute Gasteiger partial charge is 0.120 e. The molecule has 0 aliphatic rings. The first-order chi connectivity index (χ1) is 8.69. The molecule has 0 bridgehead atoms. The molecule has 0 radical (unpaired) electrons. The van der Waals surface area contributed by atoms with Gasteiger partial charge in [-0.25, -0.2) is 0 Å². The molecule has 3 heteroatoms. The largest absolute Gasteiger partial charge is 0.489 e. The lowest BCUT2D eigenvalue weighted by Gasteiger charge is -2.09. The summed E-state index contributed by atoms with van der Waals surface area (Å²) >= 11 is 3.54. The van der Waals surface area contributed by atoms with Crippen molar-refractivity contribution < 1.29 is 4.74 Å². The Hall–Kier alpha value is -1.32. The average molecular weight is 306 g/mol. The molecule has 2 nitrogen and oxygen atoms in total. The van der Waals surface area contributed by atoms with Gasteiger partial charge < -0.3 is 10.5 Å². The Kier molecular flexibility index (Phi) is 4.39. The number of halogens is 1. The molecule has 0 aliphatic carbocycles. The second kappa shape index (κ2) is 6.03. The van der Waals surface area contributed by atoms with Crippen molar-refractivity contribution in [3.63, 3.8) is 0 Å². The number of aryl methyl sites for hydroxylation is 1. The molecule has 0 aliphatic heterocycles. The summed E-state index contributed by atoms with van der Waals surface area (Å²) in [5.74, 6) is 0.893.